The number of hydrogen-bond acceptors (Lipinski definition) is 5. The second kappa shape index (κ2) is 10.1. The van der Waals surface area contributed by atoms with E-state index in [1.54, 1.807) is 0 Å². The molecule has 2 aliphatic heterocycles. The molecule has 1 aliphatic carbocycles. The van der Waals surface area contributed by atoms with Gasteiger partial charge in [-0.3, -0.25) is 24.8 Å². The van der Waals surface area contributed by atoms with Gasteiger partial charge in [0.05, 0.1) is 19.8 Å². The van der Waals surface area contributed by atoms with Crippen molar-refractivity contribution in [1.29, 1.82) is 0 Å². The van der Waals surface area contributed by atoms with Crippen molar-refractivity contribution in [2.24, 2.45) is 10.9 Å². The van der Waals surface area contributed by atoms with E-state index >= 15 is 0 Å². The van der Waals surface area contributed by atoms with Crippen molar-refractivity contribution >= 4 is 23.6 Å². The van der Waals surface area contributed by atoms with Crippen LogP contribution in [0, 0.1) is 5.92 Å². The number of amides is 4. The Morgan fingerprint density at radius 2 is 1.89 bits per heavy atom. The number of imide groups is 2. The average Bonchev–Trinajstić information content (AvgIpc) is 2.71. The number of urea groups is 1. The van der Waals surface area contributed by atoms with Crippen molar-refractivity contribution in [3.05, 3.63) is 0 Å². The lowest BCUT2D eigenvalue weighted by molar-refractivity contribution is -0.908. The first-order chi connectivity index (χ1) is 13.6. The number of morpholine rings is 1. The Kier molecular flexibility index (Phi) is 7.56. The molecule has 8 heteroatoms. The zero-order valence-electron chi connectivity index (χ0n) is 16.9. The van der Waals surface area contributed by atoms with Gasteiger partial charge in [0.15, 0.2) is 5.92 Å². The SMILES string of the molecule is CCC(=NCCC[NH+]1CCOCC1)C1C(=O)NC(=O)N(C2CCCCC2)C1=O. The summed E-state index contributed by atoms with van der Waals surface area (Å²) >= 11 is 0. The first kappa shape index (κ1) is 20.9. The molecule has 3 fully saturated rings. The van der Waals surface area contributed by atoms with Crippen molar-refractivity contribution < 1.29 is 24.0 Å². The third-order valence-electron chi connectivity index (χ3n) is 6.03. The van der Waals surface area contributed by atoms with Gasteiger partial charge in [0.1, 0.15) is 13.1 Å². The summed E-state index contributed by atoms with van der Waals surface area (Å²) in [5.41, 5.74) is 0.591. The van der Waals surface area contributed by atoms with Crippen LogP contribution >= 0.6 is 0 Å². The number of carbonyl (C=O) groups excluding carboxylic acids is 3. The zero-order chi connectivity index (χ0) is 19.9. The van der Waals surface area contributed by atoms with Crippen LogP contribution in [0.4, 0.5) is 4.79 Å². The number of rotatable bonds is 7. The van der Waals surface area contributed by atoms with Crippen LogP contribution < -0.4 is 10.2 Å². The molecule has 2 heterocycles. The Morgan fingerprint density at radius 3 is 2.57 bits per heavy atom. The van der Waals surface area contributed by atoms with Gasteiger partial charge in [-0.15, -0.1) is 0 Å². The molecule has 0 bridgehead atoms. The largest absolute Gasteiger partial charge is 0.370 e. The highest BCUT2D eigenvalue weighted by molar-refractivity contribution is 6.27. The molecule has 156 valence electrons. The lowest BCUT2D eigenvalue weighted by atomic mass is 9.90. The molecule has 1 atom stereocenters. The molecule has 0 aromatic carbocycles. The standard InChI is InChI=1S/C20H32N4O4/c1-2-16(21-9-6-10-23-11-13-28-14-12-23)17-18(25)22-20(27)24(19(17)26)15-7-4-3-5-8-15/h15,17H,2-14H2,1H3,(H,22,25,27)/p+1. The summed E-state index contributed by atoms with van der Waals surface area (Å²) in [7, 11) is 0. The minimum absolute atomic E-state index is 0.0973. The van der Waals surface area contributed by atoms with Crippen molar-refractivity contribution in [3.8, 4) is 0 Å². The highest BCUT2D eigenvalue weighted by atomic mass is 16.5. The number of nitrogens with zero attached hydrogens (tertiary/aromatic N) is 2. The van der Waals surface area contributed by atoms with Crippen LogP contribution in [-0.2, 0) is 14.3 Å². The molecular weight excluding hydrogens is 360 g/mol. The normalized spacial score (nSPS) is 25.9. The number of carbonyl (C=O) groups is 3. The van der Waals surface area contributed by atoms with Crippen LogP contribution in [0.2, 0.25) is 0 Å². The molecule has 0 aromatic heterocycles. The fraction of sp³-hybridized carbons (Fsp3) is 0.800. The minimum atomic E-state index is -0.958. The van der Waals surface area contributed by atoms with Gasteiger partial charge < -0.3 is 9.64 Å². The van der Waals surface area contributed by atoms with Crippen LogP contribution in [0.25, 0.3) is 0 Å². The Morgan fingerprint density at radius 1 is 1.18 bits per heavy atom. The van der Waals surface area contributed by atoms with Gasteiger partial charge in [-0.2, -0.15) is 0 Å². The van der Waals surface area contributed by atoms with Gasteiger partial charge >= 0.3 is 6.03 Å². The zero-order valence-corrected chi connectivity index (χ0v) is 16.9. The smallest absolute Gasteiger partial charge is 0.331 e. The second-order valence-corrected chi connectivity index (χ2v) is 7.92. The predicted molar refractivity (Wildman–Crippen MR) is 104 cm³/mol. The molecular formula is C20H33N4O4+. The van der Waals surface area contributed by atoms with Gasteiger partial charge in [-0.1, -0.05) is 26.2 Å². The molecule has 3 rings (SSSR count). The third kappa shape index (κ3) is 4.97. The molecule has 0 aromatic rings. The van der Waals surface area contributed by atoms with E-state index in [1.807, 2.05) is 6.92 Å². The highest BCUT2D eigenvalue weighted by Crippen LogP contribution is 2.26. The molecule has 28 heavy (non-hydrogen) atoms. The first-order valence-electron chi connectivity index (χ1n) is 10.7. The number of ether oxygens (including phenoxy) is 1. The Hall–Kier alpha value is -1.80. The summed E-state index contributed by atoms with van der Waals surface area (Å²) in [5.74, 6) is -1.87. The van der Waals surface area contributed by atoms with E-state index in [9.17, 15) is 14.4 Å². The van der Waals surface area contributed by atoms with Gasteiger partial charge in [0, 0.05) is 24.7 Å². The van der Waals surface area contributed by atoms with E-state index in [-0.39, 0.29) is 11.9 Å². The summed E-state index contributed by atoms with van der Waals surface area (Å²) in [4.78, 5) is 45.3. The minimum Gasteiger partial charge on any atom is -0.370 e. The van der Waals surface area contributed by atoms with E-state index < -0.39 is 17.9 Å². The van der Waals surface area contributed by atoms with Crippen molar-refractivity contribution in [1.82, 2.24) is 10.2 Å². The van der Waals surface area contributed by atoms with Crippen LogP contribution in [-0.4, -0.2) is 73.9 Å². The number of quaternary nitrogens is 1. The molecule has 1 unspecified atom stereocenters. The van der Waals surface area contributed by atoms with Crippen molar-refractivity contribution in [2.45, 2.75) is 57.9 Å². The summed E-state index contributed by atoms with van der Waals surface area (Å²) in [6.07, 6.45) is 6.24. The fourth-order valence-electron chi connectivity index (χ4n) is 4.44. The van der Waals surface area contributed by atoms with E-state index in [0.29, 0.717) is 18.7 Å². The monoisotopic (exact) mass is 393 g/mol. The van der Waals surface area contributed by atoms with Gasteiger partial charge in [0.2, 0.25) is 11.8 Å². The molecule has 0 radical (unpaired) electrons. The Bertz CT molecular complexity index is 609. The average molecular weight is 394 g/mol. The summed E-state index contributed by atoms with van der Waals surface area (Å²) in [5, 5.41) is 2.39. The highest BCUT2D eigenvalue weighted by Gasteiger charge is 2.45. The number of hydrogen-bond donors (Lipinski definition) is 2. The van der Waals surface area contributed by atoms with Crippen molar-refractivity contribution in [3.63, 3.8) is 0 Å². The Labute approximate surface area is 166 Å². The fourth-order valence-corrected chi connectivity index (χ4v) is 4.44. The number of barbiturate groups is 1. The summed E-state index contributed by atoms with van der Waals surface area (Å²) in [6.45, 7) is 7.18. The van der Waals surface area contributed by atoms with Crippen LogP contribution in [0.3, 0.4) is 0 Å². The van der Waals surface area contributed by atoms with Crippen molar-refractivity contribution in [2.75, 3.05) is 39.4 Å². The summed E-state index contributed by atoms with van der Waals surface area (Å²) < 4.78 is 5.37. The molecule has 2 N–H and O–H groups in total. The van der Waals surface area contributed by atoms with Gasteiger partial charge in [-0.25, -0.2) is 4.79 Å². The van der Waals surface area contributed by atoms with Crippen LogP contribution in [0.1, 0.15) is 51.9 Å². The third-order valence-corrected chi connectivity index (χ3v) is 6.03. The number of aliphatic imine (C=N–C) groups is 1. The second-order valence-electron chi connectivity index (χ2n) is 7.92. The van der Waals surface area contributed by atoms with E-state index in [0.717, 1.165) is 71.4 Å². The van der Waals surface area contributed by atoms with E-state index in [2.05, 4.69) is 10.3 Å². The molecule has 4 amide bonds. The van der Waals surface area contributed by atoms with Crippen LogP contribution in [0.5, 0.6) is 0 Å². The molecule has 2 saturated heterocycles. The quantitative estimate of drug-likeness (QED) is 0.366. The maximum absolute atomic E-state index is 13.1. The van der Waals surface area contributed by atoms with Gasteiger partial charge in [0.25, 0.3) is 0 Å². The topological polar surface area (TPSA) is 92.5 Å². The molecule has 3 aliphatic rings. The van der Waals surface area contributed by atoms with E-state index in [1.165, 1.54) is 9.80 Å². The van der Waals surface area contributed by atoms with E-state index in [4.69, 9.17) is 4.74 Å². The molecule has 0 spiro atoms. The lowest BCUT2D eigenvalue weighted by Gasteiger charge is -2.37. The molecule has 1 saturated carbocycles. The summed E-state index contributed by atoms with van der Waals surface area (Å²) in [6, 6.07) is -0.663. The first-order valence-corrected chi connectivity index (χ1v) is 10.7. The number of nitrogens with one attached hydrogen (secondary N) is 2. The van der Waals surface area contributed by atoms with Crippen LogP contribution in [0.15, 0.2) is 4.99 Å². The Balaban J connectivity index is 1.62. The maximum atomic E-state index is 13.1. The van der Waals surface area contributed by atoms with Gasteiger partial charge in [-0.05, 0) is 19.3 Å². The predicted octanol–water partition coefficient (Wildman–Crippen LogP) is 0.170. The maximum Gasteiger partial charge on any atom is 0.331 e. The lowest BCUT2D eigenvalue weighted by Crippen LogP contribution is -3.14. The molecule has 8 nitrogen and oxygen atoms in total.